The lowest BCUT2D eigenvalue weighted by Gasteiger charge is -2.33. The first-order valence-electron chi connectivity index (χ1n) is 27.1. The summed E-state index contributed by atoms with van der Waals surface area (Å²) in [6, 6.07) is 24.1. The Balaban J connectivity index is 0.000000165. The van der Waals surface area contributed by atoms with E-state index < -0.39 is 34.5 Å². The molecule has 2 N–H and O–H groups in total. The molecule has 0 bridgehead atoms. The second-order valence-electron chi connectivity index (χ2n) is 22.8. The van der Waals surface area contributed by atoms with Crippen LogP contribution >= 0.6 is 0 Å². The zero-order valence-electron chi connectivity index (χ0n) is 45.5. The molecule has 14 heteroatoms. The molecule has 2 saturated heterocycles. The van der Waals surface area contributed by atoms with Gasteiger partial charge in [-0.25, -0.2) is 17.6 Å². The summed E-state index contributed by atoms with van der Waals surface area (Å²) in [5.74, 6) is -3.18. The number of benzene rings is 4. The second kappa shape index (κ2) is 20.8. The molecule has 78 heavy (non-hydrogen) atoms. The van der Waals surface area contributed by atoms with E-state index in [9.17, 15) is 27.8 Å². The number of aromatic nitrogens is 4. The highest BCUT2D eigenvalue weighted by Gasteiger charge is 2.34. The van der Waals surface area contributed by atoms with Crippen LogP contribution in [0.25, 0.3) is 55.0 Å². The Kier molecular flexibility index (Phi) is 14.1. The molecular formula is C64H66F4N6O4. The molecule has 4 aromatic carbocycles. The lowest BCUT2D eigenvalue weighted by atomic mass is 9.86. The molecule has 0 amide bonds. The highest BCUT2D eigenvalue weighted by atomic mass is 19.2. The summed E-state index contributed by atoms with van der Waals surface area (Å²) < 4.78 is 73.4. The van der Waals surface area contributed by atoms with Gasteiger partial charge in [0.1, 0.15) is 0 Å². The van der Waals surface area contributed by atoms with Crippen LogP contribution in [0.3, 0.4) is 0 Å². The molecule has 0 spiro atoms. The number of hydrogen-bond donors (Lipinski definition) is 2. The highest BCUT2D eigenvalue weighted by Crippen LogP contribution is 2.45. The maximum atomic E-state index is 14.7. The number of halogens is 4. The number of allylic oxidation sites excluding steroid dienone is 2. The lowest BCUT2D eigenvalue weighted by molar-refractivity contribution is 0.0551. The molecule has 0 saturated carbocycles. The normalized spacial score (nSPS) is 17.9. The van der Waals surface area contributed by atoms with Crippen molar-refractivity contribution in [3.63, 3.8) is 0 Å². The molecule has 10 nitrogen and oxygen atoms in total. The van der Waals surface area contributed by atoms with Crippen LogP contribution in [0, 0.1) is 35.1 Å². The fourth-order valence-corrected chi connectivity index (χ4v) is 12.5. The van der Waals surface area contributed by atoms with Gasteiger partial charge in [-0.15, -0.1) is 0 Å². The van der Waals surface area contributed by atoms with E-state index in [4.69, 9.17) is 19.4 Å². The van der Waals surface area contributed by atoms with Gasteiger partial charge in [-0.2, -0.15) is 0 Å². The van der Waals surface area contributed by atoms with Crippen LogP contribution < -0.4 is 0 Å². The summed E-state index contributed by atoms with van der Waals surface area (Å²) in [5.41, 5.74) is 14.7. The third-order valence-electron chi connectivity index (χ3n) is 16.5. The zero-order valence-corrected chi connectivity index (χ0v) is 45.5. The summed E-state index contributed by atoms with van der Waals surface area (Å²) in [7, 11) is 0. The van der Waals surface area contributed by atoms with Gasteiger partial charge in [-0.1, -0.05) is 36.4 Å². The third-order valence-corrected chi connectivity index (χ3v) is 16.5. The van der Waals surface area contributed by atoms with Crippen LogP contribution in [0.4, 0.5) is 17.6 Å². The number of pyridine rings is 2. The molecule has 8 aromatic rings. The van der Waals surface area contributed by atoms with E-state index in [2.05, 4.69) is 45.1 Å². The quantitative estimate of drug-likeness (QED) is 0.132. The van der Waals surface area contributed by atoms with Crippen molar-refractivity contribution in [2.75, 3.05) is 39.5 Å². The SMILES string of the molecule is CC1=NCC(C)=C1c1cnc2c3ccc(C(C)(C)O)cc3n(C(c3ccc(F)c(F)c3)C3CCOCC3)c2c1.CC1=NCC(C)=C1c1cnc2c3ccc(C(C)(C)O)cc3n(C(c3ccc(F)c(F)c3)C3CCOCC3)c2c1. The molecule has 2 atom stereocenters. The second-order valence-corrected chi connectivity index (χ2v) is 22.8. The highest BCUT2D eigenvalue weighted by molar-refractivity contribution is 6.26. The van der Waals surface area contributed by atoms with E-state index in [1.54, 1.807) is 39.8 Å². The van der Waals surface area contributed by atoms with E-state index in [0.29, 0.717) is 50.6 Å². The topological polar surface area (TPSA) is 119 Å². The van der Waals surface area contributed by atoms with Crippen molar-refractivity contribution in [2.24, 2.45) is 21.8 Å². The first-order chi connectivity index (χ1) is 37.3. The molecule has 4 aliphatic rings. The van der Waals surface area contributed by atoms with Crippen molar-refractivity contribution >= 4 is 66.4 Å². The number of nitrogens with zero attached hydrogens (tertiary/aromatic N) is 6. The zero-order chi connectivity index (χ0) is 54.9. The predicted molar refractivity (Wildman–Crippen MR) is 302 cm³/mol. The van der Waals surface area contributed by atoms with Crippen LogP contribution in [0.2, 0.25) is 0 Å². The van der Waals surface area contributed by atoms with Gasteiger partial charge in [0.15, 0.2) is 23.3 Å². The summed E-state index contributed by atoms with van der Waals surface area (Å²) in [6.45, 7) is 19.1. The van der Waals surface area contributed by atoms with Crippen LogP contribution in [0.1, 0.15) is 127 Å². The average molecular weight is 1060 g/mol. The Morgan fingerprint density at radius 2 is 0.885 bits per heavy atom. The van der Waals surface area contributed by atoms with Crippen LogP contribution in [0.15, 0.2) is 118 Å². The molecule has 8 heterocycles. The summed E-state index contributed by atoms with van der Waals surface area (Å²) in [5, 5.41) is 23.7. The lowest BCUT2D eigenvalue weighted by Crippen LogP contribution is -2.27. The van der Waals surface area contributed by atoms with Gasteiger partial charge in [-0.3, -0.25) is 20.0 Å². The molecule has 0 aliphatic carbocycles. The maximum absolute atomic E-state index is 14.7. The van der Waals surface area contributed by atoms with Crippen LogP contribution in [-0.4, -0.2) is 80.3 Å². The average Bonchev–Trinajstić information content (AvgIpc) is 4.31. The van der Waals surface area contributed by atoms with Gasteiger partial charge in [0.2, 0.25) is 0 Å². The Morgan fingerprint density at radius 1 is 0.500 bits per heavy atom. The van der Waals surface area contributed by atoms with Crippen molar-refractivity contribution in [1.29, 1.82) is 0 Å². The summed E-state index contributed by atoms with van der Waals surface area (Å²) >= 11 is 0. The molecule has 404 valence electrons. The van der Waals surface area contributed by atoms with E-state index in [0.717, 1.165) is 114 Å². The van der Waals surface area contributed by atoms with Gasteiger partial charge < -0.3 is 28.8 Å². The van der Waals surface area contributed by atoms with E-state index >= 15 is 0 Å². The molecule has 0 radical (unpaired) electrons. The molecule has 2 fully saturated rings. The summed E-state index contributed by atoms with van der Waals surface area (Å²) in [4.78, 5) is 19.2. The Labute approximate surface area is 451 Å². The molecule has 2 unspecified atom stereocenters. The summed E-state index contributed by atoms with van der Waals surface area (Å²) in [6.07, 6.45) is 6.97. The van der Waals surface area contributed by atoms with E-state index in [1.165, 1.54) is 35.4 Å². The van der Waals surface area contributed by atoms with Gasteiger partial charge in [0.05, 0.1) is 69.5 Å². The number of rotatable bonds is 10. The Morgan fingerprint density at radius 3 is 1.22 bits per heavy atom. The van der Waals surface area contributed by atoms with Crippen LogP contribution in [0.5, 0.6) is 0 Å². The molecule has 12 rings (SSSR count). The van der Waals surface area contributed by atoms with Crippen molar-refractivity contribution in [1.82, 2.24) is 19.1 Å². The fraction of sp³-hybridized carbons (Fsp3) is 0.375. The molecule has 4 aliphatic heterocycles. The first kappa shape index (κ1) is 53.2. The number of hydrogen-bond acceptors (Lipinski definition) is 8. The monoisotopic (exact) mass is 1060 g/mol. The Bertz CT molecular complexity index is 3560. The minimum atomic E-state index is -1.05. The molecular weight excluding hydrogens is 993 g/mol. The first-order valence-corrected chi connectivity index (χ1v) is 27.1. The minimum Gasteiger partial charge on any atom is -0.386 e. The smallest absolute Gasteiger partial charge is 0.159 e. The maximum Gasteiger partial charge on any atom is 0.159 e. The number of fused-ring (bicyclic) bond motifs is 6. The van der Waals surface area contributed by atoms with Crippen molar-refractivity contribution in [3.05, 3.63) is 165 Å². The molecule has 4 aromatic heterocycles. The van der Waals surface area contributed by atoms with Gasteiger partial charge >= 0.3 is 0 Å². The van der Waals surface area contributed by atoms with Gasteiger partial charge in [0.25, 0.3) is 0 Å². The number of aliphatic hydroxyl groups is 2. The van der Waals surface area contributed by atoms with Gasteiger partial charge in [-0.05, 0) is 175 Å². The van der Waals surface area contributed by atoms with Crippen LogP contribution in [-0.2, 0) is 20.7 Å². The van der Waals surface area contributed by atoms with Gasteiger partial charge in [0, 0.05) is 83.3 Å². The van der Waals surface area contributed by atoms with E-state index in [-0.39, 0.29) is 23.9 Å². The number of ether oxygens (including phenoxy) is 2. The fourth-order valence-electron chi connectivity index (χ4n) is 12.5. The van der Waals surface area contributed by atoms with Crippen molar-refractivity contribution in [2.45, 2.75) is 104 Å². The number of aliphatic imine (C=N–C) groups is 2. The Hall–Kier alpha value is -6.84. The van der Waals surface area contributed by atoms with Crippen molar-refractivity contribution < 1.29 is 37.2 Å². The minimum absolute atomic E-state index is 0.132. The third kappa shape index (κ3) is 9.79. The standard InChI is InChI=1S/2C32H33F2N3O2/c2*1-18-16-35-19(2)29(18)22-14-28-30(36-17-22)24-7-6-23(32(3,4)38)15-27(24)37(28)31(20-9-11-39-12-10-20)21-5-8-25(33)26(34)13-21/h2*5-8,13-15,17,20,31,38H,9-12,16H2,1-4H3. The predicted octanol–water partition coefficient (Wildman–Crippen LogP) is 13.9. The van der Waals surface area contributed by atoms with Crippen molar-refractivity contribution in [3.8, 4) is 0 Å². The van der Waals surface area contributed by atoms with E-state index in [1.807, 2.05) is 62.6 Å². The largest absolute Gasteiger partial charge is 0.386 e.